The summed E-state index contributed by atoms with van der Waals surface area (Å²) in [6, 6.07) is 4.51. The van der Waals surface area contributed by atoms with Gasteiger partial charge in [-0.05, 0) is 37.2 Å². The van der Waals surface area contributed by atoms with Crippen LogP contribution in [-0.4, -0.2) is 67.9 Å². The zero-order valence-corrected chi connectivity index (χ0v) is 20.9. The van der Waals surface area contributed by atoms with Gasteiger partial charge in [-0.15, -0.1) is 24.0 Å². The predicted molar refractivity (Wildman–Crippen MR) is 132 cm³/mol. The number of pyridine rings is 1. The molecule has 1 aliphatic carbocycles. The fourth-order valence-corrected chi connectivity index (χ4v) is 4.07. The van der Waals surface area contributed by atoms with Gasteiger partial charge < -0.3 is 20.1 Å². The molecule has 2 fully saturated rings. The van der Waals surface area contributed by atoms with Gasteiger partial charge in [0.25, 0.3) is 0 Å². The topological polar surface area (TPSA) is 71.0 Å². The Morgan fingerprint density at radius 2 is 1.97 bits per heavy atom. The summed E-state index contributed by atoms with van der Waals surface area (Å²) in [6.07, 6.45) is 7.05. The van der Waals surface area contributed by atoms with Gasteiger partial charge in [0, 0.05) is 51.5 Å². The van der Waals surface area contributed by atoms with Crippen LogP contribution in [-0.2, 0) is 11.3 Å². The summed E-state index contributed by atoms with van der Waals surface area (Å²) < 4.78 is 11.4. The second-order valence-electron chi connectivity index (χ2n) is 8.30. The van der Waals surface area contributed by atoms with E-state index in [1.165, 1.54) is 12.8 Å². The summed E-state index contributed by atoms with van der Waals surface area (Å²) in [5.41, 5.74) is 1.11. The molecular weight excluding hydrogens is 493 g/mol. The predicted octanol–water partition coefficient (Wildman–Crippen LogP) is 3.04. The Morgan fingerprint density at radius 3 is 2.57 bits per heavy atom. The van der Waals surface area contributed by atoms with Gasteiger partial charge in [-0.3, -0.25) is 9.89 Å². The fraction of sp³-hybridized carbons (Fsp3) is 0.727. The van der Waals surface area contributed by atoms with Crippen molar-refractivity contribution in [3.8, 4) is 5.88 Å². The van der Waals surface area contributed by atoms with Gasteiger partial charge in [0.1, 0.15) is 6.10 Å². The van der Waals surface area contributed by atoms with Gasteiger partial charge in [-0.25, -0.2) is 4.98 Å². The van der Waals surface area contributed by atoms with Gasteiger partial charge in [0.05, 0.1) is 13.2 Å². The monoisotopic (exact) mass is 531 g/mol. The molecule has 7 nitrogen and oxygen atoms in total. The van der Waals surface area contributed by atoms with Crippen LogP contribution in [0.1, 0.15) is 45.1 Å². The van der Waals surface area contributed by atoms with Crippen molar-refractivity contribution in [1.29, 1.82) is 0 Å². The zero-order valence-electron chi connectivity index (χ0n) is 18.6. The number of aliphatic imine (C=N–C) groups is 1. The van der Waals surface area contributed by atoms with E-state index in [-0.39, 0.29) is 24.0 Å². The highest BCUT2D eigenvalue weighted by molar-refractivity contribution is 14.0. The lowest BCUT2D eigenvalue weighted by atomic mass is 10.0. The number of nitrogens with zero attached hydrogens (tertiary/aromatic N) is 3. The number of hydrogen-bond donors (Lipinski definition) is 2. The molecule has 1 atom stereocenters. The minimum atomic E-state index is 0. The van der Waals surface area contributed by atoms with E-state index in [0.717, 1.165) is 63.1 Å². The standard InChI is InChI=1S/C22H37N5O2.HI/c1-17(2)20(27-10-12-28-13-11-27)16-26-22(23-3)25-15-18-8-9-21(24-14-18)29-19-6-4-5-7-19;/h8-9,14,17,19-20H,4-7,10-13,15-16H2,1-3H3,(H2,23,25,26);1H. The van der Waals surface area contributed by atoms with Crippen LogP contribution in [0, 0.1) is 5.92 Å². The molecule has 1 aromatic rings. The van der Waals surface area contributed by atoms with Crippen molar-refractivity contribution in [3.05, 3.63) is 23.9 Å². The molecule has 0 radical (unpaired) electrons. The maximum Gasteiger partial charge on any atom is 0.213 e. The Morgan fingerprint density at radius 1 is 1.23 bits per heavy atom. The Kier molecular flexibility index (Phi) is 11.2. The SMILES string of the molecule is CN=C(NCc1ccc(OC2CCCC2)nc1)NCC(C(C)C)N1CCOCC1.I. The summed E-state index contributed by atoms with van der Waals surface area (Å²) in [6.45, 7) is 9.74. The third kappa shape index (κ3) is 7.85. The second kappa shape index (κ2) is 13.3. The number of hydrogen-bond acceptors (Lipinski definition) is 5. The lowest BCUT2D eigenvalue weighted by molar-refractivity contribution is 0.00752. The van der Waals surface area contributed by atoms with Crippen LogP contribution >= 0.6 is 24.0 Å². The first-order valence-corrected chi connectivity index (χ1v) is 11.0. The van der Waals surface area contributed by atoms with Crippen molar-refractivity contribution in [1.82, 2.24) is 20.5 Å². The van der Waals surface area contributed by atoms with E-state index in [1.807, 2.05) is 19.3 Å². The highest BCUT2D eigenvalue weighted by Gasteiger charge is 2.24. The molecule has 1 saturated carbocycles. The van der Waals surface area contributed by atoms with Gasteiger partial charge in [0.15, 0.2) is 5.96 Å². The van der Waals surface area contributed by atoms with Crippen LogP contribution in [0.4, 0.5) is 0 Å². The van der Waals surface area contributed by atoms with E-state index in [2.05, 4.69) is 45.4 Å². The molecule has 2 aliphatic rings. The normalized spacial score (nSPS) is 19.4. The number of guanidine groups is 1. The molecule has 1 aliphatic heterocycles. The number of nitrogens with one attached hydrogen (secondary N) is 2. The molecule has 0 aromatic carbocycles. The van der Waals surface area contributed by atoms with E-state index in [4.69, 9.17) is 9.47 Å². The van der Waals surface area contributed by atoms with Crippen molar-refractivity contribution >= 4 is 29.9 Å². The van der Waals surface area contributed by atoms with Crippen molar-refractivity contribution in [2.24, 2.45) is 10.9 Å². The van der Waals surface area contributed by atoms with Crippen molar-refractivity contribution < 1.29 is 9.47 Å². The minimum Gasteiger partial charge on any atom is -0.474 e. The third-order valence-electron chi connectivity index (χ3n) is 5.83. The van der Waals surface area contributed by atoms with Crippen LogP contribution in [0.3, 0.4) is 0 Å². The quantitative estimate of drug-likeness (QED) is 0.306. The van der Waals surface area contributed by atoms with Gasteiger partial charge in [0.2, 0.25) is 5.88 Å². The molecule has 0 spiro atoms. The lowest BCUT2D eigenvalue weighted by Crippen LogP contribution is -2.52. The number of aromatic nitrogens is 1. The summed E-state index contributed by atoms with van der Waals surface area (Å²) in [5.74, 6) is 2.11. The molecule has 3 rings (SSSR count). The molecule has 0 amide bonds. The first kappa shape index (κ1) is 25.1. The number of rotatable bonds is 8. The summed E-state index contributed by atoms with van der Waals surface area (Å²) in [4.78, 5) is 11.4. The highest BCUT2D eigenvalue weighted by atomic mass is 127. The molecule has 1 unspecified atom stereocenters. The van der Waals surface area contributed by atoms with Crippen molar-refractivity contribution in [2.45, 2.75) is 58.2 Å². The summed E-state index contributed by atoms with van der Waals surface area (Å²) in [5, 5.41) is 6.88. The van der Waals surface area contributed by atoms with Gasteiger partial charge in [-0.2, -0.15) is 0 Å². The molecule has 1 saturated heterocycles. The molecule has 30 heavy (non-hydrogen) atoms. The van der Waals surface area contributed by atoms with E-state index < -0.39 is 0 Å². The molecule has 0 bridgehead atoms. The number of halogens is 1. The Labute approximate surface area is 198 Å². The first-order chi connectivity index (χ1) is 14.2. The van der Waals surface area contributed by atoms with Gasteiger partial charge >= 0.3 is 0 Å². The van der Waals surface area contributed by atoms with E-state index in [1.54, 1.807) is 0 Å². The van der Waals surface area contributed by atoms with Crippen molar-refractivity contribution in [3.63, 3.8) is 0 Å². The Hall–Kier alpha value is -1.13. The molecule has 170 valence electrons. The molecule has 8 heteroatoms. The molecular formula is C22H38IN5O2. The van der Waals surface area contributed by atoms with E-state index in [0.29, 0.717) is 24.6 Å². The van der Waals surface area contributed by atoms with E-state index in [9.17, 15) is 0 Å². The van der Waals surface area contributed by atoms with E-state index >= 15 is 0 Å². The van der Waals surface area contributed by atoms with Crippen LogP contribution in [0.25, 0.3) is 0 Å². The lowest BCUT2D eigenvalue weighted by Gasteiger charge is -2.37. The fourth-order valence-electron chi connectivity index (χ4n) is 4.07. The average molecular weight is 531 g/mol. The maximum absolute atomic E-state index is 5.94. The number of ether oxygens (including phenoxy) is 2. The second-order valence-corrected chi connectivity index (χ2v) is 8.30. The molecule has 2 heterocycles. The van der Waals surface area contributed by atoms with Crippen molar-refractivity contribution in [2.75, 3.05) is 39.9 Å². The number of morpholine rings is 1. The average Bonchev–Trinajstić information content (AvgIpc) is 3.25. The summed E-state index contributed by atoms with van der Waals surface area (Å²) in [7, 11) is 1.81. The minimum absolute atomic E-state index is 0. The smallest absolute Gasteiger partial charge is 0.213 e. The highest BCUT2D eigenvalue weighted by Crippen LogP contribution is 2.22. The Balaban J connectivity index is 0.00000320. The molecule has 2 N–H and O–H groups in total. The van der Waals surface area contributed by atoms with Crippen LogP contribution in [0.15, 0.2) is 23.3 Å². The Bertz CT molecular complexity index is 629. The molecule has 1 aromatic heterocycles. The zero-order chi connectivity index (χ0) is 20.5. The third-order valence-corrected chi connectivity index (χ3v) is 5.83. The van der Waals surface area contributed by atoms with Crippen LogP contribution < -0.4 is 15.4 Å². The first-order valence-electron chi connectivity index (χ1n) is 11.0. The van der Waals surface area contributed by atoms with Crippen LogP contribution in [0.5, 0.6) is 5.88 Å². The van der Waals surface area contributed by atoms with Crippen LogP contribution in [0.2, 0.25) is 0 Å². The van der Waals surface area contributed by atoms with Gasteiger partial charge in [-0.1, -0.05) is 19.9 Å². The summed E-state index contributed by atoms with van der Waals surface area (Å²) >= 11 is 0. The largest absolute Gasteiger partial charge is 0.474 e. The maximum atomic E-state index is 5.94.